The Hall–Kier alpha value is -0.600. The average Bonchev–Trinajstić information content (AvgIpc) is 2.00. The summed E-state index contributed by atoms with van der Waals surface area (Å²) in [7, 11) is -4.73. The molecular formula is C8H7NaO6S. The zero-order valence-electron chi connectivity index (χ0n) is 8.59. The van der Waals surface area contributed by atoms with Gasteiger partial charge in [0.2, 0.25) is 0 Å². The van der Waals surface area contributed by atoms with E-state index in [1.54, 1.807) is 0 Å². The molecule has 1 aromatic rings. The molecule has 0 unspecified atom stereocenters. The number of carboxylic acids is 1. The number of aromatic carboxylic acids is 1. The summed E-state index contributed by atoms with van der Waals surface area (Å²) in [5.74, 6) is -2.08. The third-order valence-corrected chi connectivity index (χ3v) is 2.77. The van der Waals surface area contributed by atoms with Crippen LogP contribution in [0.15, 0.2) is 17.0 Å². The molecule has 1 rings (SSSR count). The van der Waals surface area contributed by atoms with Crippen LogP contribution in [0.25, 0.3) is 0 Å². The first-order chi connectivity index (χ1) is 6.73. The molecule has 8 heteroatoms. The third kappa shape index (κ3) is 3.19. The van der Waals surface area contributed by atoms with E-state index >= 15 is 0 Å². The summed E-state index contributed by atoms with van der Waals surface area (Å²) in [5, 5.41) is 17.8. The fraction of sp³-hybridized carbons (Fsp3) is 0.125. The molecule has 0 spiro atoms. The molecule has 0 saturated carbocycles. The summed E-state index contributed by atoms with van der Waals surface area (Å²) in [6.07, 6.45) is 0. The van der Waals surface area contributed by atoms with Crippen LogP contribution >= 0.6 is 0 Å². The molecule has 0 saturated heterocycles. The number of phenols is 1. The van der Waals surface area contributed by atoms with E-state index in [-0.39, 0.29) is 35.1 Å². The molecule has 82 valence electrons. The van der Waals surface area contributed by atoms with E-state index in [2.05, 4.69) is 0 Å². The summed E-state index contributed by atoms with van der Waals surface area (Å²) < 4.78 is 32.1. The Bertz CT molecular complexity index is 522. The fourth-order valence-electron chi connectivity index (χ4n) is 1.11. The van der Waals surface area contributed by atoms with Crippen molar-refractivity contribution in [3.63, 3.8) is 0 Å². The predicted molar refractivity (Wildman–Crippen MR) is 47.8 cm³/mol. The molecule has 0 aromatic heterocycles. The molecule has 0 aliphatic carbocycles. The molecular weight excluding hydrogens is 247 g/mol. The van der Waals surface area contributed by atoms with Gasteiger partial charge in [-0.25, -0.2) is 13.2 Å². The number of carbonyl (C=O) groups is 1. The molecule has 0 radical (unpaired) electrons. The Labute approximate surface area is 114 Å². The number of hydrogen-bond donors (Lipinski definition) is 2. The maximum atomic E-state index is 10.7. The molecule has 2 N–H and O–H groups in total. The smallest absolute Gasteiger partial charge is 0.744 e. The fourth-order valence-corrected chi connectivity index (χ4v) is 1.83. The zero-order chi connectivity index (χ0) is 11.8. The molecule has 0 bridgehead atoms. The van der Waals surface area contributed by atoms with E-state index in [0.717, 1.165) is 6.07 Å². The number of rotatable bonds is 2. The maximum absolute atomic E-state index is 10.7. The molecule has 0 aliphatic rings. The number of benzene rings is 1. The monoisotopic (exact) mass is 254 g/mol. The largest absolute Gasteiger partial charge is 1.00 e. The van der Waals surface area contributed by atoms with Crippen LogP contribution in [0.3, 0.4) is 0 Å². The molecule has 0 amide bonds. The standard InChI is InChI=1S/C8H8O6S.Na/c1-4-2-6(9)5(8(10)11)3-7(4)15(12,13)14;/h2-3,9H,1H3,(H,10,11)(H,12,13,14);/q;+1/p-1. The first kappa shape index (κ1) is 15.4. The van der Waals surface area contributed by atoms with Crippen molar-refractivity contribution in [2.75, 3.05) is 0 Å². The van der Waals surface area contributed by atoms with Crippen LogP contribution in [-0.2, 0) is 10.1 Å². The van der Waals surface area contributed by atoms with Gasteiger partial charge in [0.25, 0.3) is 0 Å². The van der Waals surface area contributed by atoms with Gasteiger partial charge in [-0.1, -0.05) is 0 Å². The van der Waals surface area contributed by atoms with Crippen LogP contribution in [0.2, 0.25) is 0 Å². The van der Waals surface area contributed by atoms with Crippen molar-refractivity contribution in [2.45, 2.75) is 11.8 Å². The molecule has 1 aromatic carbocycles. The van der Waals surface area contributed by atoms with Crippen molar-refractivity contribution >= 4 is 16.1 Å². The Kier molecular flexibility index (Phi) is 4.96. The third-order valence-electron chi connectivity index (χ3n) is 1.79. The van der Waals surface area contributed by atoms with Gasteiger partial charge in [-0.15, -0.1) is 0 Å². The van der Waals surface area contributed by atoms with Crippen molar-refractivity contribution in [2.24, 2.45) is 0 Å². The van der Waals surface area contributed by atoms with Gasteiger partial charge in [-0.05, 0) is 24.6 Å². The summed E-state index contributed by atoms with van der Waals surface area (Å²) in [6.45, 7) is 1.29. The van der Waals surface area contributed by atoms with Crippen LogP contribution < -0.4 is 29.6 Å². The van der Waals surface area contributed by atoms with E-state index in [1.165, 1.54) is 6.92 Å². The van der Waals surface area contributed by atoms with Crippen molar-refractivity contribution in [1.82, 2.24) is 0 Å². The van der Waals surface area contributed by atoms with E-state index in [9.17, 15) is 22.9 Å². The Morgan fingerprint density at radius 2 is 1.88 bits per heavy atom. The number of carboxylic acid groups (broad SMARTS) is 1. The van der Waals surface area contributed by atoms with E-state index in [1.807, 2.05) is 0 Å². The van der Waals surface area contributed by atoms with E-state index < -0.39 is 32.3 Å². The Morgan fingerprint density at radius 3 is 2.25 bits per heavy atom. The summed E-state index contributed by atoms with van der Waals surface area (Å²) in [4.78, 5) is 9.91. The second-order valence-corrected chi connectivity index (χ2v) is 4.24. The van der Waals surface area contributed by atoms with Crippen LogP contribution in [0.1, 0.15) is 15.9 Å². The predicted octanol–water partition coefficient (Wildman–Crippen LogP) is -2.69. The summed E-state index contributed by atoms with van der Waals surface area (Å²) in [5.41, 5.74) is -0.609. The summed E-state index contributed by atoms with van der Waals surface area (Å²) in [6, 6.07) is 1.57. The maximum Gasteiger partial charge on any atom is 1.00 e. The Morgan fingerprint density at radius 1 is 1.38 bits per heavy atom. The van der Waals surface area contributed by atoms with Gasteiger partial charge < -0.3 is 14.8 Å². The van der Waals surface area contributed by atoms with Crippen molar-refractivity contribution < 1.29 is 57.5 Å². The quantitative estimate of drug-likeness (QED) is 0.438. The molecule has 6 nitrogen and oxygen atoms in total. The average molecular weight is 254 g/mol. The van der Waals surface area contributed by atoms with E-state index in [4.69, 9.17) is 5.11 Å². The number of hydrogen-bond acceptors (Lipinski definition) is 5. The van der Waals surface area contributed by atoms with Crippen LogP contribution in [0, 0.1) is 6.92 Å². The van der Waals surface area contributed by atoms with Gasteiger partial charge in [0.05, 0.1) is 4.90 Å². The summed E-state index contributed by atoms with van der Waals surface area (Å²) >= 11 is 0. The van der Waals surface area contributed by atoms with Gasteiger partial charge in [-0.2, -0.15) is 0 Å². The SMILES string of the molecule is Cc1cc(O)c(C(=O)O)cc1S(=O)(=O)[O-].[Na+]. The number of aryl methyl sites for hydroxylation is 1. The van der Waals surface area contributed by atoms with Crippen molar-refractivity contribution in [3.05, 3.63) is 23.3 Å². The molecule has 0 atom stereocenters. The molecule has 0 heterocycles. The second-order valence-electron chi connectivity index (χ2n) is 2.89. The minimum Gasteiger partial charge on any atom is -0.744 e. The second kappa shape index (κ2) is 5.15. The van der Waals surface area contributed by atoms with Crippen LogP contribution in [-0.4, -0.2) is 29.2 Å². The topological polar surface area (TPSA) is 115 Å². The molecule has 0 aliphatic heterocycles. The van der Waals surface area contributed by atoms with Gasteiger partial charge >= 0.3 is 35.5 Å². The van der Waals surface area contributed by atoms with Crippen LogP contribution in [0.4, 0.5) is 0 Å². The van der Waals surface area contributed by atoms with Crippen molar-refractivity contribution in [3.8, 4) is 5.75 Å². The minimum absolute atomic E-state index is 0. The van der Waals surface area contributed by atoms with Crippen molar-refractivity contribution in [1.29, 1.82) is 0 Å². The Balaban J connectivity index is 0.00000225. The number of aromatic hydroxyl groups is 1. The van der Waals surface area contributed by atoms with Gasteiger partial charge in [-0.3, -0.25) is 0 Å². The molecule has 0 fully saturated rings. The van der Waals surface area contributed by atoms with Gasteiger partial charge in [0, 0.05) is 0 Å². The minimum atomic E-state index is -4.73. The van der Waals surface area contributed by atoms with Gasteiger partial charge in [0.1, 0.15) is 21.4 Å². The van der Waals surface area contributed by atoms with Gasteiger partial charge in [0.15, 0.2) is 0 Å². The molecule has 16 heavy (non-hydrogen) atoms. The first-order valence-corrected chi connectivity index (χ1v) is 5.17. The van der Waals surface area contributed by atoms with E-state index in [0.29, 0.717) is 6.07 Å². The zero-order valence-corrected chi connectivity index (χ0v) is 11.4. The normalized spacial score (nSPS) is 10.6. The first-order valence-electron chi connectivity index (χ1n) is 3.76. The van der Waals surface area contributed by atoms with Crippen LogP contribution in [0.5, 0.6) is 5.75 Å².